The smallest absolute Gasteiger partial charge is 0.257 e. The van der Waals surface area contributed by atoms with Crippen molar-refractivity contribution in [2.24, 2.45) is 5.73 Å². The van der Waals surface area contributed by atoms with Crippen LogP contribution in [0.15, 0.2) is 22.7 Å². The zero-order valence-electron chi connectivity index (χ0n) is 10.8. The van der Waals surface area contributed by atoms with Crippen LogP contribution in [0.1, 0.15) is 23.0 Å². The van der Waals surface area contributed by atoms with E-state index < -0.39 is 0 Å². The minimum atomic E-state index is -0.362. The van der Waals surface area contributed by atoms with E-state index >= 15 is 0 Å². The number of nitrogens with zero attached hydrogens (tertiary/aromatic N) is 2. The van der Waals surface area contributed by atoms with Crippen molar-refractivity contribution < 1.29 is 9.26 Å². The summed E-state index contributed by atoms with van der Waals surface area (Å²) < 4.78 is 10.2. The van der Waals surface area contributed by atoms with Gasteiger partial charge in [0.1, 0.15) is 0 Å². The molecule has 1 unspecified atom stereocenters. The van der Waals surface area contributed by atoms with Gasteiger partial charge in [-0.3, -0.25) is 0 Å². The van der Waals surface area contributed by atoms with E-state index in [-0.39, 0.29) is 6.04 Å². The lowest BCUT2D eigenvalue weighted by atomic mass is 10.1. The van der Waals surface area contributed by atoms with Gasteiger partial charge in [0.15, 0.2) is 5.82 Å². The summed E-state index contributed by atoms with van der Waals surface area (Å²) in [7, 11) is 1.59. The summed E-state index contributed by atoms with van der Waals surface area (Å²) >= 11 is 0. The third-order valence-electron chi connectivity index (χ3n) is 2.87. The summed E-state index contributed by atoms with van der Waals surface area (Å²) in [4.78, 5) is 4.29. The molecule has 96 valence electrons. The Morgan fingerprint density at radius 3 is 2.78 bits per heavy atom. The molecule has 2 aromatic rings. The van der Waals surface area contributed by atoms with Gasteiger partial charge in [-0.1, -0.05) is 11.2 Å². The Bertz CT molecular complexity index is 537. The molecule has 0 spiro atoms. The zero-order chi connectivity index (χ0) is 13.1. The van der Waals surface area contributed by atoms with Crippen molar-refractivity contribution in [2.45, 2.75) is 19.9 Å². The van der Waals surface area contributed by atoms with Crippen LogP contribution in [-0.2, 0) is 4.74 Å². The first-order chi connectivity index (χ1) is 8.61. The highest BCUT2D eigenvalue weighted by atomic mass is 16.5. The van der Waals surface area contributed by atoms with Crippen LogP contribution >= 0.6 is 0 Å². The topological polar surface area (TPSA) is 74.2 Å². The number of hydrogen-bond donors (Lipinski definition) is 1. The highest BCUT2D eigenvalue weighted by Crippen LogP contribution is 2.21. The number of methoxy groups -OCH3 is 1. The number of aryl methyl sites for hydroxylation is 2. The van der Waals surface area contributed by atoms with E-state index in [1.54, 1.807) is 7.11 Å². The molecule has 5 nitrogen and oxygen atoms in total. The van der Waals surface area contributed by atoms with Crippen molar-refractivity contribution in [3.63, 3.8) is 0 Å². The van der Waals surface area contributed by atoms with Gasteiger partial charge in [0.05, 0.1) is 12.6 Å². The highest BCUT2D eigenvalue weighted by molar-refractivity contribution is 5.55. The fraction of sp³-hybridized carbons (Fsp3) is 0.385. The number of nitrogens with two attached hydrogens (primary N) is 1. The van der Waals surface area contributed by atoms with E-state index in [9.17, 15) is 0 Å². The first-order valence-electron chi connectivity index (χ1n) is 5.77. The van der Waals surface area contributed by atoms with E-state index in [4.69, 9.17) is 15.0 Å². The maximum Gasteiger partial charge on any atom is 0.257 e. The third kappa shape index (κ3) is 2.57. The second-order valence-corrected chi connectivity index (χ2v) is 4.32. The van der Waals surface area contributed by atoms with Gasteiger partial charge in [0.2, 0.25) is 0 Å². The molecule has 5 heteroatoms. The molecule has 0 aliphatic carbocycles. The molecule has 0 saturated heterocycles. The summed E-state index contributed by atoms with van der Waals surface area (Å²) in [5.74, 6) is 0.949. The van der Waals surface area contributed by atoms with Gasteiger partial charge < -0.3 is 15.0 Å². The molecule has 0 bridgehead atoms. The summed E-state index contributed by atoms with van der Waals surface area (Å²) in [6.07, 6.45) is 0. The van der Waals surface area contributed by atoms with Gasteiger partial charge in [0, 0.05) is 12.7 Å². The van der Waals surface area contributed by atoms with Crippen LogP contribution in [0.2, 0.25) is 0 Å². The van der Waals surface area contributed by atoms with Crippen LogP contribution in [0.25, 0.3) is 11.5 Å². The van der Waals surface area contributed by atoms with Gasteiger partial charge in [0.25, 0.3) is 5.89 Å². The average Bonchev–Trinajstić information content (AvgIpc) is 2.82. The van der Waals surface area contributed by atoms with Crippen LogP contribution in [0.5, 0.6) is 0 Å². The van der Waals surface area contributed by atoms with Gasteiger partial charge in [-0.05, 0) is 37.1 Å². The lowest BCUT2D eigenvalue weighted by molar-refractivity contribution is 0.177. The van der Waals surface area contributed by atoms with Crippen molar-refractivity contribution in [1.29, 1.82) is 0 Å². The van der Waals surface area contributed by atoms with Crippen LogP contribution < -0.4 is 5.73 Å². The Morgan fingerprint density at radius 2 is 2.11 bits per heavy atom. The molecule has 1 aromatic carbocycles. The van der Waals surface area contributed by atoms with Crippen molar-refractivity contribution in [3.8, 4) is 11.5 Å². The molecule has 18 heavy (non-hydrogen) atoms. The van der Waals surface area contributed by atoms with Crippen LogP contribution in [0.3, 0.4) is 0 Å². The molecule has 1 atom stereocenters. The Balaban J connectivity index is 2.26. The summed E-state index contributed by atoms with van der Waals surface area (Å²) in [5, 5.41) is 3.87. The van der Waals surface area contributed by atoms with Crippen molar-refractivity contribution in [3.05, 3.63) is 35.2 Å². The molecule has 0 fully saturated rings. The molecular weight excluding hydrogens is 230 g/mol. The van der Waals surface area contributed by atoms with Gasteiger partial charge in [-0.15, -0.1) is 0 Å². The van der Waals surface area contributed by atoms with E-state index in [1.165, 1.54) is 11.1 Å². The molecule has 0 aliphatic rings. The standard InChI is InChI=1S/C13H17N3O2/c1-8-4-5-10(6-9(8)2)13-15-12(16-18-13)11(14)7-17-3/h4-6,11H,7,14H2,1-3H3. The molecule has 2 N–H and O–H groups in total. The summed E-state index contributed by atoms with van der Waals surface area (Å²) in [6, 6.07) is 5.65. The molecule has 2 rings (SSSR count). The van der Waals surface area contributed by atoms with Gasteiger partial charge >= 0.3 is 0 Å². The molecular formula is C13H17N3O2. The first kappa shape index (κ1) is 12.7. The largest absolute Gasteiger partial charge is 0.383 e. The van der Waals surface area contributed by atoms with E-state index in [1.807, 2.05) is 25.1 Å². The number of hydrogen-bond acceptors (Lipinski definition) is 5. The van der Waals surface area contributed by atoms with Gasteiger partial charge in [-0.25, -0.2) is 0 Å². The maximum absolute atomic E-state index is 5.84. The SMILES string of the molecule is COCC(N)c1noc(-c2ccc(C)c(C)c2)n1. The average molecular weight is 247 g/mol. The fourth-order valence-electron chi connectivity index (χ4n) is 1.63. The number of aromatic nitrogens is 2. The second-order valence-electron chi connectivity index (χ2n) is 4.32. The van der Waals surface area contributed by atoms with E-state index in [2.05, 4.69) is 17.1 Å². The zero-order valence-corrected chi connectivity index (χ0v) is 10.8. The lowest BCUT2D eigenvalue weighted by Crippen LogP contribution is -2.17. The van der Waals surface area contributed by atoms with Crippen molar-refractivity contribution in [2.75, 3.05) is 13.7 Å². The number of benzene rings is 1. The van der Waals surface area contributed by atoms with Crippen LogP contribution in [0, 0.1) is 13.8 Å². The van der Waals surface area contributed by atoms with Gasteiger partial charge in [-0.2, -0.15) is 4.98 Å². The molecule has 0 amide bonds. The Kier molecular flexibility index (Phi) is 3.74. The van der Waals surface area contributed by atoms with Crippen LogP contribution in [0.4, 0.5) is 0 Å². The van der Waals surface area contributed by atoms with Crippen LogP contribution in [-0.4, -0.2) is 23.9 Å². The maximum atomic E-state index is 5.84. The summed E-state index contributed by atoms with van der Waals surface area (Å²) in [6.45, 7) is 4.48. The van der Waals surface area contributed by atoms with E-state index in [0.717, 1.165) is 5.56 Å². The Labute approximate surface area is 106 Å². The predicted molar refractivity (Wildman–Crippen MR) is 68.0 cm³/mol. The number of ether oxygens (including phenoxy) is 1. The minimum Gasteiger partial charge on any atom is -0.383 e. The Morgan fingerprint density at radius 1 is 1.33 bits per heavy atom. The molecule has 1 heterocycles. The third-order valence-corrected chi connectivity index (χ3v) is 2.87. The monoisotopic (exact) mass is 247 g/mol. The normalized spacial score (nSPS) is 12.7. The van der Waals surface area contributed by atoms with Crippen molar-refractivity contribution in [1.82, 2.24) is 10.1 Å². The molecule has 0 saturated carbocycles. The quantitative estimate of drug-likeness (QED) is 0.894. The molecule has 1 aromatic heterocycles. The fourth-order valence-corrected chi connectivity index (χ4v) is 1.63. The second kappa shape index (κ2) is 5.29. The predicted octanol–water partition coefficient (Wildman–Crippen LogP) is 2.00. The van der Waals surface area contributed by atoms with E-state index in [0.29, 0.717) is 18.3 Å². The highest BCUT2D eigenvalue weighted by Gasteiger charge is 2.15. The number of rotatable bonds is 4. The molecule has 0 aliphatic heterocycles. The minimum absolute atomic E-state index is 0.362. The Hall–Kier alpha value is -1.72. The van der Waals surface area contributed by atoms with Crippen molar-refractivity contribution >= 4 is 0 Å². The lowest BCUT2D eigenvalue weighted by Gasteiger charge is -2.03. The first-order valence-corrected chi connectivity index (χ1v) is 5.77. The summed E-state index contributed by atoms with van der Waals surface area (Å²) in [5.41, 5.74) is 9.16. The molecule has 0 radical (unpaired) electrons.